The van der Waals surface area contributed by atoms with Crippen LogP contribution in [0.3, 0.4) is 0 Å². The lowest BCUT2D eigenvalue weighted by molar-refractivity contribution is -0.131. The zero-order chi connectivity index (χ0) is 16.6. The van der Waals surface area contributed by atoms with Gasteiger partial charge >= 0.3 is 6.03 Å². The number of hydrogen-bond acceptors (Lipinski definition) is 3. The molecule has 2 heterocycles. The third kappa shape index (κ3) is 2.98. The monoisotopic (exact) mass is 317 g/mol. The van der Waals surface area contributed by atoms with Crippen LogP contribution in [0.4, 0.5) is 4.79 Å². The molecule has 0 aromatic heterocycles. The molecule has 124 valence electrons. The van der Waals surface area contributed by atoms with Gasteiger partial charge in [-0.15, -0.1) is 0 Å². The van der Waals surface area contributed by atoms with Crippen molar-refractivity contribution in [2.24, 2.45) is 11.8 Å². The summed E-state index contributed by atoms with van der Waals surface area (Å²) in [5, 5.41) is 0. The van der Waals surface area contributed by atoms with Gasteiger partial charge < -0.3 is 19.4 Å². The van der Waals surface area contributed by atoms with Crippen LogP contribution in [0.5, 0.6) is 5.75 Å². The highest BCUT2D eigenvalue weighted by Gasteiger charge is 2.47. The van der Waals surface area contributed by atoms with E-state index in [9.17, 15) is 9.59 Å². The Balaban J connectivity index is 1.62. The van der Waals surface area contributed by atoms with Gasteiger partial charge in [-0.05, 0) is 17.7 Å². The summed E-state index contributed by atoms with van der Waals surface area (Å²) in [5.74, 6) is 1.19. The minimum atomic E-state index is -0.0443. The fourth-order valence-electron chi connectivity index (χ4n) is 3.48. The molecule has 3 rings (SSSR count). The molecule has 0 radical (unpaired) electrons. The fourth-order valence-corrected chi connectivity index (χ4v) is 3.48. The van der Waals surface area contributed by atoms with Crippen LogP contribution in [0.15, 0.2) is 24.3 Å². The summed E-state index contributed by atoms with van der Waals surface area (Å²) in [6.45, 7) is 2.57. The van der Waals surface area contributed by atoms with Gasteiger partial charge in [0.15, 0.2) is 0 Å². The van der Waals surface area contributed by atoms with Crippen molar-refractivity contribution in [2.45, 2.75) is 6.54 Å². The zero-order valence-corrected chi connectivity index (χ0v) is 13.9. The zero-order valence-electron chi connectivity index (χ0n) is 13.9. The van der Waals surface area contributed by atoms with Crippen molar-refractivity contribution in [1.82, 2.24) is 14.7 Å². The first-order valence-electron chi connectivity index (χ1n) is 7.87. The van der Waals surface area contributed by atoms with Gasteiger partial charge in [0.2, 0.25) is 5.91 Å². The largest absolute Gasteiger partial charge is 0.497 e. The number of ether oxygens (including phenoxy) is 1. The van der Waals surface area contributed by atoms with Crippen molar-refractivity contribution in [1.29, 1.82) is 0 Å². The smallest absolute Gasteiger partial charge is 0.319 e. The van der Waals surface area contributed by atoms with Crippen LogP contribution in [-0.4, -0.2) is 67.5 Å². The molecule has 0 bridgehead atoms. The molecule has 0 saturated carbocycles. The molecule has 3 amide bonds. The Hall–Kier alpha value is -2.24. The Morgan fingerprint density at radius 2 is 1.91 bits per heavy atom. The third-order valence-electron chi connectivity index (χ3n) is 4.71. The predicted octanol–water partition coefficient (Wildman–Crippen LogP) is 1.27. The van der Waals surface area contributed by atoms with Gasteiger partial charge in [0.25, 0.3) is 0 Å². The summed E-state index contributed by atoms with van der Waals surface area (Å²) in [4.78, 5) is 29.9. The number of urea groups is 1. The van der Waals surface area contributed by atoms with E-state index < -0.39 is 0 Å². The molecule has 2 aliphatic rings. The number of methoxy groups -OCH3 is 1. The molecule has 6 heteroatoms. The number of rotatable bonds is 3. The van der Waals surface area contributed by atoms with E-state index in [1.54, 1.807) is 31.0 Å². The highest BCUT2D eigenvalue weighted by atomic mass is 16.5. The standard InChI is InChI=1S/C17H23N3O3/c1-18(2)17(22)20-10-13-9-19(16(21)15(13)11-20)8-12-4-6-14(23-3)7-5-12/h4-7,13,15H,8-11H2,1-3H3/t13-,15+/m1/s1. The number of benzene rings is 1. The Morgan fingerprint density at radius 3 is 2.48 bits per heavy atom. The lowest BCUT2D eigenvalue weighted by Crippen LogP contribution is -2.40. The second-order valence-corrected chi connectivity index (χ2v) is 6.52. The van der Waals surface area contributed by atoms with Gasteiger partial charge in [-0.3, -0.25) is 4.79 Å². The van der Waals surface area contributed by atoms with Crippen molar-refractivity contribution in [2.75, 3.05) is 40.8 Å². The average molecular weight is 317 g/mol. The van der Waals surface area contributed by atoms with E-state index in [1.165, 1.54) is 0 Å². The van der Waals surface area contributed by atoms with Crippen molar-refractivity contribution >= 4 is 11.9 Å². The first-order valence-corrected chi connectivity index (χ1v) is 7.87. The summed E-state index contributed by atoms with van der Waals surface area (Å²) in [7, 11) is 5.13. The molecule has 23 heavy (non-hydrogen) atoms. The van der Waals surface area contributed by atoms with E-state index in [1.807, 2.05) is 29.2 Å². The van der Waals surface area contributed by atoms with Crippen molar-refractivity contribution in [3.8, 4) is 5.75 Å². The molecule has 0 aliphatic carbocycles. The molecule has 1 aromatic rings. The number of hydrogen-bond donors (Lipinski definition) is 0. The van der Waals surface area contributed by atoms with Gasteiger partial charge in [-0.25, -0.2) is 4.79 Å². The number of carbonyl (C=O) groups excluding carboxylic acids is 2. The Labute approximate surface area is 136 Å². The van der Waals surface area contributed by atoms with Gasteiger partial charge in [-0.2, -0.15) is 0 Å². The Kier molecular flexibility index (Phi) is 4.15. The van der Waals surface area contributed by atoms with Crippen molar-refractivity contribution in [3.63, 3.8) is 0 Å². The summed E-state index contributed by atoms with van der Waals surface area (Å²) >= 11 is 0. The number of likely N-dealkylation sites (tertiary alicyclic amines) is 2. The molecule has 2 fully saturated rings. The normalized spacial score (nSPS) is 23.2. The average Bonchev–Trinajstić information content (AvgIpc) is 3.08. The van der Waals surface area contributed by atoms with Crippen molar-refractivity contribution < 1.29 is 14.3 Å². The molecule has 1 aromatic carbocycles. The first-order chi connectivity index (χ1) is 11.0. The van der Waals surface area contributed by atoms with Crippen LogP contribution >= 0.6 is 0 Å². The Bertz CT molecular complexity index is 600. The molecule has 2 aliphatic heterocycles. The maximum absolute atomic E-state index is 12.6. The van der Waals surface area contributed by atoms with Crippen LogP contribution in [0, 0.1) is 11.8 Å². The van der Waals surface area contributed by atoms with Gasteiger partial charge in [-0.1, -0.05) is 12.1 Å². The summed E-state index contributed by atoms with van der Waals surface area (Å²) in [6.07, 6.45) is 0. The highest BCUT2D eigenvalue weighted by molar-refractivity contribution is 5.84. The van der Waals surface area contributed by atoms with Crippen LogP contribution in [0.1, 0.15) is 5.56 Å². The quantitative estimate of drug-likeness (QED) is 0.843. The van der Waals surface area contributed by atoms with Crippen LogP contribution in [-0.2, 0) is 11.3 Å². The second-order valence-electron chi connectivity index (χ2n) is 6.52. The lowest BCUT2D eigenvalue weighted by atomic mass is 10.0. The van der Waals surface area contributed by atoms with Crippen LogP contribution in [0.2, 0.25) is 0 Å². The topological polar surface area (TPSA) is 53.1 Å². The SMILES string of the molecule is COc1ccc(CN2C[C@@H]3CN(C(=O)N(C)C)C[C@@H]3C2=O)cc1. The fraction of sp³-hybridized carbons (Fsp3) is 0.529. The van der Waals surface area contributed by atoms with Crippen LogP contribution < -0.4 is 4.74 Å². The molecule has 2 saturated heterocycles. The number of fused-ring (bicyclic) bond motifs is 1. The molecule has 0 N–H and O–H groups in total. The van der Waals surface area contributed by atoms with E-state index in [0.29, 0.717) is 19.6 Å². The predicted molar refractivity (Wildman–Crippen MR) is 86.0 cm³/mol. The molecular weight excluding hydrogens is 294 g/mol. The number of carbonyl (C=O) groups is 2. The number of nitrogens with zero attached hydrogens (tertiary/aromatic N) is 3. The molecule has 6 nitrogen and oxygen atoms in total. The maximum atomic E-state index is 12.6. The van der Waals surface area contributed by atoms with E-state index in [4.69, 9.17) is 4.74 Å². The van der Waals surface area contributed by atoms with Crippen LogP contribution in [0.25, 0.3) is 0 Å². The highest BCUT2D eigenvalue weighted by Crippen LogP contribution is 2.33. The minimum Gasteiger partial charge on any atom is -0.497 e. The summed E-state index contributed by atoms with van der Waals surface area (Å²) in [5.41, 5.74) is 1.10. The van der Waals surface area contributed by atoms with E-state index in [-0.39, 0.29) is 23.8 Å². The Morgan fingerprint density at radius 1 is 1.22 bits per heavy atom. The van der Waals surface area contributed by atoms with Gasteiger partial charge in [0.05, 0.1) is 13.0 Å². The lowest BCUT2D eigenvalue weighted by Gasteiger charge is -2.24. The molecular formula is C17H23N3O3. The third-order valence-corrected chi connectivity index (χ3v) is 4.71. The van der Waals surface area contributed by atoms with E-state index in [0.717, 1.165) is 17.9 Å². The molecule has 2 atom stereocenters. The van der Waals surface area contributed by atoms with E-state index in [2.05, 4.69) is 0 Å². The number of amides is 3. The summed E-state index contributed by atoms with van der Waals surface area (Å²) in [6, 6.07) is 7.79. The summed E-state index contributed by atoms with van der Waals surface area (Å²) < 4.78 is 5.15. The molecule has 0 unspecified atom stereocenters. The van der Waals surface area contributed by atoms with Gasteiger partial charge in [0.1, 0.15) is 5.75 Å². The molecule has 0 spiro atoms. The maximum Gasteiger partial charge on any atom is 0.319 e. The second kappa shape index (κ2) is 6.10. The first kappa shape index (κ1) is 15.6. The minimum absolute atomic E-state index is 0.00564. The van der Waals surface area contributed by atoms with Gasteiger partial charge in [0, 0.05) is 46.2 Å². The van der Waals surface area contributed by atoms with E-state index >= 15 is 0 Å². The van der Waals surface area contributed by atoms with Crippen molar-refractivity contribution in [3.05, 3.63) is 29.8 Å².